The Morgan fingerprint density at radius 3 is 2.58 bits per heavy atom. The van der Waals surface area contributed by atoms with Crippen LogP contribution in [0.3, 0.4) is 0 Å². The summed E-state index contributed by atoms with van der Waals surface area (Å²) < 4.78 is 5.10. The second kappa shape index (κ2) is 8.17. The summed E-state index contributed by atoms with van der Waals surface area (Å²) in [4.78, 5) is 34.4. The first-order chi connectivity index (χ1) is 12.3. The molecule has 0 aromatic heterocycles. The van der Waals surface area contributed by atoms with Crippen LogP contribution in [0.25, 0.3) is 0 Å². The molecule has 136 valence electrons. The number of hydrogen-bond acceptors (Lipinski definition) is 5. The molecule has 10 heteroatoms. The molecule has 0 radical (unpaired) electrons. The van der Waals surface area contributed by atoms with Gasteiger partial charge in [0.05, 0.1) is 23.3 Å². The van der Waals surface area contributed by atoms with E-state index in [1.165, 1.54) is 38.3 Å². The standard InChI is InChI=1S/C16H15ClN4O5/c1-9-11(4-3-5-13(9)21(24)25)15(22)19-20-16(23)18-12-8-10(17)6-7-14(12)26-2/h3-8H,1-2H3,(H,19,22)(H2,18,20,23). The molecule has 0 aliphatic carbocycles. The molecule has 0 unspecified atom stereocenters. The molecule has 3 N–H and O–H groups in total. The fourth-order valence-corrected chi connectivity index (χ4v) is 2.35. The van der Waals surface area contributed by atoms with Gasteiger partial charge < -0.3 is 10.1 Å². The number of nitro groups is 1. The van der Waals surface area contributed by atoms with Gasteiger partial charge in [0.15, 0.2) is 0 Å². The second-order valence-electron chi connectivity index (χ2n) is 5.08. The third-order valence-corrected chi connectivity index (χ3v) is 3.68. The fraction of sp³-hybridized carbons (Fsp3) is 0.125. The molecule has 0 bridgehead atoms. The Hall–Kier alpha value is -3.33. The SMILES string of the molecule is COc1ccc(Cl)cc1NC(=O)NNC(=O)c1cccc([N+](=O)[O-])c1C. The number of amides is 3. The molecule has 0 saturated heterocycles. The first-order valence-electron chi connectivity index (χ1n) is 7.28. The number of rotatable bonds is 4. The van der Waals surface area contributed by atoms with Gasteiger partial charge in [-0.1, -0.05) is 17.7 Å². The Bertz CT molecular complexity index is 872. The van der Waals surface area contributed by atoms with E-state index in [9.17, 15) is 19.7 Å². The van der Waals surface area contributed by atoms with Crippen LogP contribution in [0.15, 0.2) is 36.4 Å². The largest absolute Gasteiger partial charge is 0.495 e. The van der Waals surface area contributed by atoms with Gasteiger partial charge in [0, 0.05) is 16.7 Å². The smallest absolute Gasteiger partial charge is 0.338 e. The molecule has 26 heavy (non-hydrogen) atoms. The summed E-state index contributed by atoms with van der Waals surface area (Å²) in [5, 5.41) is 13.8. The molecule has 0 aliphatic heterocycles. The first kappa shape index (κ1) is 19.0. The third kappa shape index (κ3) is 4.39. The van der Waals surface area contributed by atoms with Crippen LogP contribution >= 0.6 is 11.6 Å². The summed E-state index contributed by atoms with van der Waals surface area (Å²) in [5.74, 6) is -0.315. The van der Waals surface area contributed by atoms with E-state index in [1.807, 2.05) is 0 Å². The minimum Gasteiger partial charge on any atom is -0.495 e. The lowest BCUT2D eigenvalue weighted by molar-refractivity contribution is -0.385. The maximum atomic E-state index is 12.2. The van der Waals surface area contributed by atoms with Gasteiger partial charge in [-0.15, -0.1) is 0 Å². The van der Waals surface area contributed by atoms with Crippen molar-refractivity contribution in [2.24, 2.45) is 0 Å². The maximum absolute atomic E-state index is 12.2. The first-order valence-corrected chi connectivity index (χ1v) is 7.66. The number of anilines is 1. The van der Waals surface area contributed by atoms with Crippen molar-refractivity contribution in [3.05, 3.63) is 62.7 Å². The quantitative estimate of drug-likeness (QED) is 0.557. The van der Waals surface area contributed by atoms with Crippen molar-refractivity contribution in [1.82, 2.24) is 10.9 Å². The Morgan fingerprint density at radius 1 is 1.19 bits per heavy atom. The number of carbonyl (C=O) groups excluding carboxylic acids is 2. The van der Waals surface area contributed by atoms with Gasteiger partial charge in [0.1, 0.15) is 5.75 Å². The van der Waals surface area contributed by atoms with E-state index in [0.717, 1.165) is 0 Å². The monoisotopic (exact) mass is 378 g/mol. The van der Waals surface area contributed by atoms with Crippen molar-refractivity contribution in [2.75, 3.05) is 12.4 Å². The van der Waals surface area contributed by atoms with Crippen molar-refractivity contribution in [3.63, 3.8) is 0 Å². The van der Waals surface area contributed by atoms with Gasteiger partial charge in [0.2, 0.25) is 0 Å². The van der Waals surface area contributed by atoms with E-state index in [2.05, 4.69) is 16.2 Å². The lowest BCUT2D eigenvalue weighted by atomic mass is 10.1. The minimum atomic E-state index is -0.748. The van der Waals surface area contributed by atoms with E-state index in [-0.39, 0.29) is 16.8 Å². The summed E-state index contributed by atoms with van der Waals surface area (Å²) in [6.45, 7) is 1.45. The van der Waals surface area contributed by atoms with Gasteiger partial charge in [-0.3, -0.25) is 20.3 Å². The molecule has 2 aromatic rings. The summed E-state index contributed by atoms with van der Waals surface area (Å²) >= 11 is 5.87. The lowest BCUT2D eigenvalue weighted by Crippen LogP contribution is -2.44. The van der Waals surface area contributed by atoms with Crippen LogP contribution in [0.1, 0.15) is 15.9 Å². The Kier molecular flexibility index (Phi) is 5.97. The van der Waals surface area contributed by atoms with Crippen LogP contribution in [-0.4, -0.2) is 24.0 Å². The average molecular weight is 379 g/mol. The van der Waals surface area contributed by atoms with Crippen LogP contribution in [0.4, 0.5) is 16.2 Å². The number of carbonyl (C=O) groups is 2. The third-order valence-electron chi connectivity index (χ3n) is 3.45. The van der Waals surface area contributed by atoms with E-state index in [1.54, 1.807) is 12.1 Å². The number of methoxy groups -OCH3 is 1. The van der Waals surface area contributed by atoms with Gasteiger partial charge in [-0.05, 0) is 31.2 Å². The van der Waals surface area contributed by atoms with Gasteiger partial charge in [0.25, 0.3) is 11.6 Å². The zero-order chi connectivity index (χ0) is 19.3. The molecule has 0 atom stereocenters. The topological polar surface area (TPSA) is 123 Å². The number of benzene rings is 2. The number of hydrogen-bond donors (Lipinski definition) is 3. The normalized spacial score (nSPS) is 9.96. The second-order valence-corrected chi connectivity index (χ2v) is 5.52. The summed E-state index contributed by atoms with van der Waals surface area (Å²) in [6.07, 6.45) is 0. The highest BCUT2D eigenvalue weighted by Crippen LogP contribution is 2.27. The Morgan fingerprint density at radius 2 is 1.92 bits per heavy atom. The van der Waals surface area contributed by atoms with Crippen molar-refractivity contribution < 1.29 is 19.2 Å². The van der Waals surface area contributed by atoms with E-state index >= 15 is 0 Å². The van der Waals surface area contributed by atoms with Gasteiger partial charge in [-0.2, -0.15) is 0 Å². The molecule has 2 rings (SSSR count). The van der Waals surface area contributed by atoms with Crippen molar-refractivity contribution in [2.45, 2.75) is 6.92 Å². The zero-order valence-electron chi connectivity index (χ0n) is 13.8. The number of hydrazine groups is 1. The average Bonchev–Trinajstić information content (AvgIpc) is 2.60. The van der Waals surface area contributed by atoms with E-state index in [4.69, 9.17) is 16.3 Å². The van der Waals surface area contributed by atoms with Gasteiger partial charge >= 0.3 is 6.03 Å². The van der Waals surface area contributed by atoms with Crippen LogP contribution in [0.5, 0.6) is 5.75 Å². The highest BCUT2D eigenvalue weighted by Gasteiger charge is 2.18. The van der Waals surface area contributed by atoms with Gasteiger partial charge in [-0.25, -0.2) is 10.2 Å². The van der Waals surface area contributed by atoms with Crippen LogP contribution < -0.4 is 20.9 Å². The highest BCUT2D eigenvalue weighted by atomic mass is 35.5. The maximum Gasteiger partial charge on any atom is 0.338 e. The zero-order valence-corrected chi connectivity index (χ0v) is 14.6. The molecule has 0 heterocycles. The molecular weight excluding hydrogens is 364 g/mol. The summed E-state index contributed by atoms with van der Waals surface area (Å²) in [7, 11) is 1.43. The number of nitrogens with zero attached hydrogens (tertiary/aromatic N) is 1. The molecular formula is C16H15ClN4O5. The molecule has 0 spiro atoms. The molecule has 2 aromatic carbocycles. The number of nitro benzene ring substituents is 1. The summed E-state index contributed by atoms with van der Waals surface area (Å²) in [6, 6.07) is 7.99. The predicted octanol–water partition coefficient (Wildman–Crippen LogP) is 3.03. The highest BCUT2D eigenvalue weighted by molar-refractivity contribution is 6.31. The van der Waals surface area contributed by atoms with Crippen molar-refractivity contribution in [3.8, 4) is 5.75 Å². The predicted molar refractivity (Wildman–Crippen MR) is 95.5 cm³/mol. The summed E-state index contributed by atoms with van der Waals surface area (Å²) in [5.41, 5.74) is 4.71. The Balaban J connectivity index is 2.04. The van der Waals surface area contributed by atoms with Crippen LogP contribution in [-0.2, 0) is 0 Å². The molecule has 9 nitrogen and oxygen atoms in total. The number of nitrogens with one attached hydrogen (secondary N) is 3. The van der Waals surface area contributed by atoms with E-state index < -0.39 is 16.9 Å². The molecule has 0 fully saturated rings. The fourth-order valence-electron chi connectivity index (χ4n) is 2.18. The molecule has 0 saturated carbocycles. The Labute approximate surface area is 153 Å². The van der Waals surface area contributed by atoms with Crippen molar-refractivity contribution in [1.29, 1.82) is 0 Å². The number of halogens is 1. The van der Waals surface area contributed by atoms with Crippen LogP contribution in [0.2, 0.25) is 5.02 Å². The van der Waals surface area contributed by atoms with Crippen molar-refractivity contribution >= 4 is 34.9 Å². The molecule has 3 amide bonds. The van der Waals surface area contributed by atoms with E-state index in [0.29, 0.717) is 16.5 Å². The number of ether oxygens (including phenoxy) is 1. The number of urea groups is 1. The lowest BCUT2D eigenvalue weighted by Gasteiger charge is -2.12. The van der Waals surface area contributed by atoms with Crippen LogP contribution in [0, 0.1) is 17.0 Å². The minimum absolute atomic E-state index is 0.0693. The molecule has 0 aliphatic rings.